The van der Waals surface area contributed by atoms with E-state index in [1.807, 2.05) is 48.5 Å². The first-order valence-electron chi connectivity index (χ1n) is 6.16. The molecule has 0 spiro atoms. The minimum Gasteiger partial charge on any atom is -0.496 e. The van der Waals surface area contributed by atoms with E-state index in [1.165, 1.54) is 5.56 Å². The highest BCUT2D eigenvalue weighted by molar-refractivity contribution is 5.42. The lowest BCUT2D eigenvalue weighted by molar-refractivity contribution is 0.214. The third-order valence-electron chi connectivity index (χ3n) is 3.11. The van der Waals surface area contributed by atoms with Gasteiger partial charge in [0.05, 0.1) is 7.11 Å². The van der Waals surface area contributed by atoms with E-state index in [9.17, 15) is 5.11 Å². The Kier molecular flexibility index (Phi) is 4.00. The van der Waals surface area contributed by atoms with Crippen molar-refractivity contribution in [3.63, 3.8) is 0 Å². The van der Waals surface area contributed by atoms with Crippen molar-refractivity contribution >= 4 is 0 Å². The standard InChI is InChI=1S/C16H18O2/c1-3-12-9-10-15(18-2)14(11-12)16(17)13-7-5-4-6-8-13/h4-11,16-17H,3H2,1-2H3. The minimum atomic E-state index is -0.646. The Hall–Kier alpha value is -1.80. The molecule has 0 aromatic heterocycles. The van der Waals surface area contributed by atoms with E-state index in [0.717, 1.165) is 23.3 Å². The molecule has 0 aliphatic rings. The summed E-state index contributed by atoms with van der Waals surface area (Å²) in [6.45, 7) is 2.10. The van der Waals surface area contributed by atoms with Crippen LogP contribution >= 0.6 is 0 Å². The van der Waals surface area contributed by atoms with Crippen LogP contribution in [0.15, 0.2) is 48.5 Å². The van der Waals surface area contributed by atoms with Crippen LogP contribution in [0.1, 0.15) is 29.7 Å². The van der Waals surface area contributed by atoms with Crippen molar-refractivity contribution in [2.75, 3.05) is 7.11 Å². The molecular weight excluding hydrogens is 224 g/mol. The number of methoxy groups -OCH3 is 1. The molecule has 1 unspecified atom stereocenters. The van der Waals surface area contributed by atoms with Gasteiger partial charge in [0.15, 0.2) is 0 Å². The molecule has 2 heteroatoms. The number of rotatable bonds is 4. The van der Waals surface area contributed by atoms with Gasteiger partial charge in [0, 0.05) is 5.56 Å². The zero-order valence-electron chi connectivity index (χ0n) is 10.8. The highest BCUT2D eigenvalue weighted by Gasteiger charge is 2.15. The van der Waals surface area contributed by atoms with Gasteiger partial charge in [0.1, 0.15) is 11.9 Å². The van der Waals surface area contributed by atoms with Gasteiger partial charge in [-0.05, 0) is 29.7 Å². The van der Waals surface area contributed by atoms with Crippen LogP contribution < -0.4 is 4.74 Å². The molecule has 0 saturated heterocycles. The van der Waals surface area contributed by atoms with Gasteiger partial charge in [0.2, 0.25) is 0 Å². The van der Waals surface area contributed by atoms with Crippen molar-refractivity contribution in [3.05, 3.63) is 65.2 Å². The van der Waals surface area contributed by atoms with E-state index < -0.39 is 6.10 Å². The maximum Gasteiger partial charge on any atom is 0.125 e. The summed E-state index contributed by atoms with van der Waals surface area (Å²) in [6.07, 6.45) is 0.297. The SMILES string of the molecule is CCc1ccc(OC)c(C(O)c2ccccc2)c1. The molecule has 1 atom stereocenters. The molecule has 0 bridgehead atoms. The Bertz CT molecular complexity index is 506. The second kappa shape index (κ2) is 5.69. The van der Waals surface area contributed by atoms with Crippen LogP contribution in [0.25, 0.3) is 0 Å². The third kappa shape index (κ3) is 2.54. The third-order valence-corrected chi connectivity index (χ3v) is 3.11. The number of aryl methyl sites for hydroxylation is 1. The zero-order chi connectivity index (χ0) is 13.0. The molecule has 0 aliphatic heterocycles. The van der Waals surface area contributed by atoms with Gasteiger partial charge in [-0.15, -0.1) is 0 Å². The average molecular weight is 242 g/mol. The van der Waals surface area contributed by atoms with Crippen molar-refractivity contribution in [1.29, 1.82) is 0 Å². The number of hydrogen-bond acceptors (Lipinski definition) is 2. The second-order valence-electron chi connectivity index (χ2n) is 4.24. The van der Waals surface area contributed by atoms with Crippen molar-refractivity contribution in [2.45, 2.75) is 19.4 Å². The van der Waals surface area contributed by atoms with Crippen LogP contribution in [0.2, 0.25) is 0 Å². The molecule has 0 fully saturated rings. The van der Waals surface area contributed by atoms with Crippen LogP contribution in [0.5, 0.6) is 5.75 Å². The zero-order valence-corrected chi connectivity index (χ0v) is 10.8. The molecule has 0 aliphatic carbocycles. The van der Waals surface area contributed by atoms with Gasteiger partial charge in [0.25, 0.3) is 0 Å². The maximum atomic E-state index is 10.4. The first kappa shape index (κ1) is 12.7. The molecule has 2 aromatic carbocycles. The van der Waals surface area contributed by atoms with E-state index in [1.54, 1.807) is 7.11 Å². The van der Waals surface area contributed by atoms with Gasteiger partial charge in [-0.25, -0.2) is 0 Å². The fraction of sp³-hybridized carbons (Fsp3) is 0.250. The van der Waals surface area contributed by atoms with Gasteiger partial charge >= 0.3 is 0 Å². The van der Waals surface area contributed by atoms with Crippen molar-refractivity contribution in [2.24, 2.45) is 0 Å². The highest BCUT2D eigenvalue weighted by atomic mass is 16.5. The summed E-state index contributed by atoms with van der Waals surface area (Å²) >= 11 is 0. The molecule has 2 nitrogen and oxygen atoms in total. The molecule has 0 saturated carbocycles. The van der Waals surface area contributed by atoms with Crippen LogP contribution in [-0.4, -0.2) is 12.2 Å². The number of hydrogen-bond donors (Lipinski definition) is 1. The number of benzene rings is 2. The summed E-state index contributed by atoms with van der Waals surface area (Å²) < 4.78 is 5.33. The molecule has 2 aromatic rings. The molecule has 1 N–H and O–H groups in total. The molecule has 0 heterocycles. The van der Waals surface area contributed by atoms with Gasteiger partial charge in [-0.2, -0.15) is 0 Å². The molecule has 18 heavy (non-hydrogen) atoms. The second-order valence-corrected chi connectivity index (χ2v) is 4.24. The average Bonchev–Trinajstić information content (AvgIpc) is 2.46. The normalized spacial score (nSPS) is 12.2. The fourth-order valence-electron chi connectivity index (χ4n) is 2.03. The summed E-state index contributed by atoms with van der Waals surface area (Å²) in [5.74, 6) is 0.726. The summed E-state index contributed by atoms with van der Waals surface area (Å²) in [5, 5.41) is 10.4. The monoisotopic (exact) mass is 242 g/mol. The van der Waals surface area contributed by atoms with Gasteiger partial charge < -0.3 is 9.84 Å². The van der Waals surface area contributed by atoms with Crippen LogP contribution in [0, 0.1) is 0 Å². The Morgan fingerprint density at radius 3 is 2.44 bits per heavy atom. The molecule has 0 amide bonds. The van der Waals surface area contributed by atoms with Crippen LogP contribution in [0.3, 0.4) is 0 Å². The lowest BCUT2D eigenvalue weighted by Crippen LogP contribution is -2.03. The van der Waals surface area contributed by atoms with E-state index in [-0.39, 0.29) is 0 Å². The quantitative estimate of drug-likeness (QED) is 0.891. The van der Waals surface area contributed by atoms with E-state index in [0.29, 0.717) is 0 Å². The van der Waals surface area contributed by atoms with E-state index >= 15 is 0 Å². The smallest absolute Gasteiger partial charge is 0.125 e. The summed E-state index contributed by atoms with van der Waals surface area (Å²) in [4.78, 5) is 0. The van der Waals surface area contributed by atoms with E-state index in [2.05, 4.69) is 6.92 Å². The molecule has 94 valence electrons. The first-order valence-corrected chi connectivity index (χ1v) is 6.16. The largest absolute Gasteiger partial charge is 0.496 e. The molecule has 0 radical (unpaired) electrons. The minimum absolute atomic E-state index is 0.646. The number of aliphatic hydroxyl groups is 1. The summed E-state index contributed by atoms with van der Waals surface area (Å²) in [6, 6.07) is 15.6. The Morgan fingerprint density at radius 1 is 1.11 bits per heavy atom. The van der Waals surface area contributed by atoms with Crippen LogP contribution in [0.4, 0.5) is 0 Å². The Morgan fingerprint density at radius 2 is 1.83 bits per heavy atom. The van der Waals surface area contributed by atoms with Crippen molar-refractivity contribution < 1.29 is 9.84 Å². The first-order chi connectivity index (χ1) is 8.76. The van der Waals surface area contributed by atoms with Gasteiger partial charge in [-0.3, -0.25) is 0 Å². The summed E-state index contributed by atoms with van der Waals surface area (Å²) in [7, 11) is 1.63. The van der Waals surface area contributed by atoms with E-state index in [4.69, 9.17) is 4.74 Å². The van der Waals surface area contributed by atoms with Crippen LogP contribution in [-0.2, 0) is 6.42 Å². The predicted molar refractivity (Wildman–Crippen MR) is 72.9 cm³/mol. The lowest BCUT2D eigenvalue weighted by Gasteiger charge is -2.16. The molecule has 2 rings (SSSR count). The van der Waals surface area contributed by atoms with Gasteiger partial charge in [-0.1, -0.05) is 43.3 Å². The lowest BCUT2D eigenvalue weighted by atomic mass is 9.98. The summed E-state index contributed by atoms with van der Waals surface area (Å²) in [5.41, 5.74) is 2.90. The highest BCUT2D eigenvalue weighted by Crippen LogP contribution is 2.30. The maximum absolute atomic E-state index is 10.4. The van der Waals surface area contributed by atoms with Crippen molar-refractivity contribution in [3.8, 4) is 5.75 Å². The number of ether oxygens (including phenoxy) is 1. The predicted octanol–water partition coefficient (Wildman–Crippen LogP) is 3.34. The Labute approximate surface area is 108 Å². The topological polar surface area (TPSA) is 29.5 Å². The fourth-order valence-corrected chi connectivity index (χ4v) is 2.03. The van der Waals surface area contributed by atoms with Crippen molar-refractivity contribution in [1.82, 2.24) is 0 Å². The Balaban J connectivity index is 2.42. The number of aliphatic hydroxyl groups excluding tert-OH is 1. The molecular formula is C16H18O2.